The van der Waals surface area contributed by atoms with Crippen LogP contribution in [-0.4, -0.2) is 21.8 Å². The highest BCUT2D eigenvalue weighted by Gasteiger charge is 2.11. The lowest BCUT2D eigenvalue weighted by atomic mass is 10.2. The highest BCUT2D eigenvalue weighted by molar-refractivity contribution is 7.98. The molecule has 1 heterocycles. The van der Waals surface area contributed by atoms with Gasteiger partial charge in [0.15, 0.2) is 5.16 Å². The Balaban J connectivity index is 0.00000117. The Bertz CT molecular complexity index is 904. The first kappa shape index (κ1) is 19.5. The minimum absolute atomic E-state index is 0.0929. The number of para-hydroxylation sites is 1. The molecule has 0 saturated carbocycles. The molecule has 0 fully saturated rings. The molecule has 0 spiro atoms. The molecule has 0 aliphatic heterocycles. The zero-order valence-electron chi connectivity index (χ0n) is 15.0. The van der Waals surface area contributed by atoms with Crippen LogP contribution in [0.2, 0.25) is 0 Å². The van der Waals surface area contributed by atoms with Crippen molar-refractivity contribution in [1.82, 2.24) is 9.97 Å². The van der Waals surface area contributed by atoms with Crippen LogP contribution in [0.15, 0.2) is 47.6 Å². The van der Waals surface area contributed by atoms with Gasteiger partial charge in [-0.25, -0.2) is 4.98 Å². The molecule has 1 aromatic heterocycles. The number of imidazole rings is 1. The van der Waals surface area contributed by atoms with E-state index in [2.05, 4.69) is 15.3 Å². The van der Waals surface area contributed by atoms with E-state index < -0.39 is 5.91 Å². The number of primary amides is 1. The topological polar surface area (TPSA) is 101 Å². The van der Waals surface area contributed by atoms with Crippen LogP contribution in [0.25, 0.3) is 11.0 Å². The van der Waals surface area contributed by atoms with E-state index in [1.165, 1.54) is 18.7 Å². The number of benzene rings is 2. The van der Waals surface area contributed by atoms with Crippen molar-refractivity contribution in [3.05, 3.63) is 53.6 Å². The van der Waals surface area contributed by atoms with Gasteiger partial charge in [0.05, 0.1) is 11.1 Å². The standard InChI is InChI=1S/C17H16N4O2S.C2H6/c1-10(22)19-12-7-5-11(6-8-12)9-24-17-20-14-4-2-3-13(16(18)23)15(14)21-17;1-2/h2-8H,9H2,1H3,(H2,18,23)(H,19,22)(H,20,21);1-2H3. The molecule has 0 radical (unpaired) electrons. The summed E-state index contributed by atoms with van der Waals surface area (Å²) in [7, 11) is 0. The molecule has 3 rings (SSSR count). The zero-order valence-corrected chi connectivity index (χ0v) is 15.8. The highest BCUT2D eigenvalue weighted by atomic mass is 32.2. The van der Waals surface area contributed by atoms with E-state index in [1.807, 2.05) is 44.2 Å². The minimum atomic E-state index is -0.489. The number of thioether (sulfide) groups is 1. The average Bonchev–Trinajstić information content (AvgIpc) is 3.05. The van der Waals surface area contributed by atoms with Crippen molar-refractivity contribution in [2.24, 2.45) is 5.73 Å². The van der Waals surface area contributed by atoms with E-state index in [1.54, 1.807) is 12.1 Å². The first-order valence-electron chi connectivity index (χ1n) is 8.31. The quantitative estimate of drug-likeness (QED) is 0.592. The molecule has 2 amide bonds. The van der Waals surface area contributed by atoms with E-state index in [-0.39, 0.29) is 5.91 Å². The molecule has 0 aliphatic rings. The lowest BCUT2D eigenvalue weighted by Gasteiger charge is -2.03. The number of nitrogens with one attached hydrogen (secondary N) is 2. The number of amides is 2. The zero-order chi connectivity index (χ0) is 19.1. The van der Waals surface area contributed by atoms with E-state index in [0.717, 1.165) is 21.9 Å². The smallest absolute Gasteiger partial charge is 0.250 e. The molecule has 2 aromatic carbocycles. The van der Waals surface area contributed by atoms with Gasteiger partial charge in [0.1, 0.15) is 5.52 Å². The predicted molar refractivity (Wildman–Crippen MR) is 106 cm³/mol. The number of aromatic amines is 1. The van der Waals surface area contributed by atoms with Crippen molar-refractivity contribution in [2.45, 2.75) is 31.7 Å². The predicted octanol–water partition coefficient (Wildman–Crippen LogP) is 3.94. The fourth-order valence-corrected chi connectivity index (χ4v) is 3.15. The summed E-state index contributed by atoms with van der Waals surface area (Å²) < 4.78 is 0. The van der Waals surface area contributed by atoms with Gasteiger partial charge in [-0.3, -0.25) is 9.59 Å². The van der Waals surface area contributed by atoms with Gasteiger partial charge in [-0.2, -0.15) is 0 Å². The van der Waals surface area contributed by atoms with Crippen LogP contribution >= 0.6 is 11.8 Å². The number of fused-ring (bicyclic) bond motifs is 1. The molecule has 0 unspecified atom stereocenters. The fraction of sp³-hybridized carbons (Fsp3) is 0.211. The Morgan fingerprint density at radius 1 is 1.15 bits per heavy atom. The van der Waals surface area contributed by atoms with Crippen LogP contribution in [0, 0.1) is 0 Å². The molecule has 3 aromatic rings. The number of hydrogen-bond donors (Lipinski definition) is 3. The summed E-state index contributed by atoms with van der Waals surface area (Å²) in [6.45, 7) is 5.48. The number of rotatable bonds is 5. The van der Waals surface area contributed by atoms with Crippen LogP contribution in [0.5, 0.6) is 0 Å². The van der Waals surface area contributed by atoms with Crippen molar-refractivity contribution in [2.75, 3.05) is 5.32 Å². The van der Waals surface area contributed by atoms with Crippen LogP contribution in [0.1, 0.15) is 36.7 Å². The van der Waals surface area contributed by atoms with Crippen LogP contribution in [0.4, 0.5) is 5.69 Å². The maximum atomic E-state index is 11.4. The third-order valence-corrected chi connectivity index (χ3v) is 4.35. The summed E-state index contributed by atoms with van der Waals surface area (Å²) in [5, 5.41) is 3.46. The molecule has 26 heavy (non-hydrogen) atoms. The van der Waals surface area contributed by atoms with Crippen LogP contribution in [-0.2, 0) is 10.5 Å². The SMILES string of the molecule is CC.CC(=O)Nc1ccc(CSc2nc3c(C(N)=O)cccc3[nH]2)cc1. The summed E-state index contributed by atoms with van der Waals surface area (Å²) in [5.41, 5.74) is 9.03. The van der Waals surface area contributed by atoms with Gasteiger partial charge in [0, 0.05) is 18.4 Å². The number of H-pyrrole nitrogens is 1. The molecule has 0 saturated heterocycles. The van der Waals surface area contributed by atoms with Crippen molar-refractivity contribution in [3.8, 4) is 0 Å². The molecule has 4 N–H and O–H groups in total. The maximum Gasteiger partial charge on any atom is 0.250 e. The molecule has 7 heteroatoms. The highest BCUT2D eigenvalue weighted by Crippen LogP contribution is 2.25. The van der Waals surface area contributed by atoms with Gasteiger partial charge < -0.3 is 16.0 Å². The molecule has 0 atom stereocenters. The lowest BCUT2D eigenvalue weighted by Crippen LogP contribution is -2.11. The van der Waals surface area contributed by atoms with Gasteiger partial charge in [-0.05, 0) is 29.8 Å². The van der Waals surface area contributed by atoms with Crippen molar-refractivity contribution >= 4 is 40.3 Å². The van der Waals surface area contributed by atoms with Crippen molar-refractivity contribution < 1.29 is 9.59 Å². The first-order valence-corrected chi connectivity index (χ1v) is 9.29. The monoisotopic (exact) mass is 370 g/mol. The van der Waals surface area contributed by atoms with E-state index >= 15 is 0 Å². The number of aromatic nitrogens is 2. The number of anilines is 1. The van der Waals surface area contributed by atoms with E-state index in [4.69, 9.17) is 5.73 Å². The van der Waals surface area contributed by atoms with Gasteiger partial charge in [0.25, 0.3) is 5.91 Å². The molecule has 0 aliphatic carbocycles. The van der Waals surface area contributed by atoms with E-state index in [0.29, 0.717) is 16.8 Å². The Labute approximate surface area is 156 Å². The Hall–Kier alpha value is -2.80. The maximum absolute atomic E-state index is 11.4. The summed E-state index contributed by atoms with van der Waals surface area (Å²) >= 11 is 1.53. The van der Waals surface area contributed by atoms with Gasteiger partial charge in [-0.15, -0.1) is 0 Å². The third kappa shape index (κ3) is 4.86. The summed E-state index contributed by atoms with van der Waals surface area (Å²) in [6, 6.07) is 12.9. The van der Waals surface area contributed by atoms with Crippen LogP contribution in [0.3, 0.4) is 0 Å². The Kier molecular flexibility index (Phi) is 6.80. The summed E-state index contributed by atoms with van der Waals surface area (Å²) in [4.78, 5) is 30.1. The molecule has 0 bridgehead atoms. The van der Waals surface area contributed by atoms with Gasteiger partial charge in [-0.1, -0.05) is 43.8 Å². The number of carbonyl (C=O) groups is 2. The number of nitrogens with two attached hydrogens (primary N) is 1. The Morgan fingerprint density at radius 3 is 2.46 bits per heavy atom. The first-order chi connectivity index (χ1) is 12.5. The molecule has 136 valence electrons. The largest absolute Gasteiger partial charge is 0.366 e. The summed E-state index contributed by atoms with van der Waals surface area (Å²) in [5.74, 6) is 0.133. The van der Waals surface area contributed by atoms with Gasteiger partial charge >= 0.3 is 0 Å². The molecular weight excluding hydrogens is 348 g/mol. The van der Waals surface area contributed by atoms with E-state index in [9.17, 15) is 9.59 Å². The fourth-order valence-electron chi connectivity index (χ4n) is 2.32. The second kappa shape index (κ2) is 9.05. The summed E-state index contributed by atoms with van der Waals surface area (Å²) in [6.07, 6.45) is 0. The molecule has 6 nitrogen and oxygen atoms in total. The minimum Gasteiger partial charge on any atom is -0.366 e. The lowest BCUT2D eigenvalue weighted by molar-refractivity contribution is -0.114. The number of carbonyl (C=O) groups excluding carboxylic acids is 2. The normalized spacial score (nSPS) is 10.1. The van der Waals surface area contributed by atoms with Gasteiger partial charge in [0.2, 0.25) is 5.91 Å². The average molecular weight is 370 g/mol. The number of hydrogen-bond acceptors (Lipinski definition) is 4. The molecular formula is C19H22N4O2S. The number of nitrogens with zero attached hydrogens (tertiary/aromatic N) is 1. The second-order valence-corrected chi connectivity index (χ2v) is 6.24. The van der Waals surface area contributed by atoms with Crippen molar-refractivity contribution in [3.63, 3.8) is 0 Å². The second-order valence-electron chi connectivity index (χ2n) is 5.27. The van der Waals surface area contributed by atoms with Crippen molar-refractivity contribution in [1.29, 1.82) is 0 Å². The third-order valence-electron chi connectivity index (χ3n) is 3.41. The van der Waals surface area contributed by atoms with Crippen LogP contribution < -0.4 is 11.1 Å². The Morgan fingerprint density at radius 2 is 1.85 bits per heavy atom.